The van der Waals surface area contributed by atoms with E-state index in [2.05, 4.69) is 10.6 Å². The zero-order chi connectivity index (χ0) is 16.4. The van der Waals surface area contributed by atoms with Gasteiger partial charge in [-0.05, 0) is 17.7 Å². The minimum atomic E-state index is -2.80. The number of hydrogen-bond acceptors (Lipinski definition) is 3. The Hall–Kier alpha value is -1.40. The van der Waals surface area contributed by atoms with Gasteiger partial charge in [-0.2, -0.15) is 0 Å². The molecule has 1 heterocycles. The van der Waals surface area contributed by atoms with Crippen molar-refractivity contribution < 1.29 is 18.3 Å². The molecule has 2 rings (SSSR count). The van der Waals surface area contributed by atoms with Crippen molar-refractivity contribution in [3.05, 3.63) is 29.8 Å². The average Bonchev–Trinajstić information content (AvgIpc) is 2.85. The highest BCUT2D eigenvalue weighted by molar-refractivity contribution is 5.85. The molecule has 4 nitrogen and oxygen atoms in total. The first-order valence-electron chi connectivity index (χ1n) is 7.27. The van der Waals surface area contributed by atoms with Gasteiger partial charge in [0.25, 0.3) is 5.92 Å². The molecular formula is C16H23ClF2N2O2. The normalized spacial score (nSPS) is 19.8. The molecule has 1 atom stereocenters. The monoisotopic (exact) mass is 348 g/mol. The molecule has 0 aromatic heterocycles. The van der Waals surface area contributed by atoms with Crippen LogP contribution in [0.5, 0.6) is 5.75 Å². The minimum absolute atomic E-state index is 0. The van der Waals surface area contributed by atoms with Crippen molar-refractivity contribution in [2.45, 2.75) is 37.6 Å². The van der Waals surface area contributed by atoms with Crippen LogP contribution in [0.3, 0.4) is 0 Å². The Bertz CT molecular complexity index is 553. The molecule has 1 aliphatic rings. The third-order valence-corrected chi connectivity index (χ3v) is 3.98. The van der Waals surface area contributed by atoms with Gasteiger partial charge in [0, 0.05) is 18.4 Å². The van der Waals surface area contributed by atoms with E-state index < -0.39 is 24.9 Å². The Balaban J connectivity index is 0.00000264. The van der Waals surface area contributed by atoms with Crippen molar-refractivity contribution >= 4 is 18.3 Å². The first kappa shape index (κ1) is 19.6. The molecule has 0 saturated carbocycles. The fraction of sp³-hybridized carbons (Fsp3) is 0.562. The lowest BCUT2D eigenvalue weighted by Gasteiger charge is -2.26. The first-order valence-corrected chi connectivity index (χ1v) is 7.27. The summed E-state index contributed by atoms with van der Waals surface area (Å²) in [4.78, 5) is 12.0. The zero-order valence-electron chi connectivity index (χ0n) is 13.5. The van der Waals surface area contributed by atoms with E-state index in [1.165, 1.54) is 0 Å². The Labute approximate surface area is 141 Å². The van der Waals surface area contributed by atoms with Crippen molar-refractivity contribution in [2.24, 2.45) is 0 Å². The number of ether oxygens (including phenoxy) is 1. The smallest absolute Gasteiger partial charge is 0.262 e. The van der Waals surface area contributed by atoms with Gasteiger partial charge in [-0.15, -0.1) is 12.4 Å². The highest BCUT2D eigenvalue weighted by Gasteiger charge is 2.42. The van der Waals surface area contributed by atoms with E-state index in [1.807, 2.05) is 38.1 Å². The van der Waals surface area contributed by atoms with Gasteiger partial charge < -0.3 is 10.1 Å². The number of rotatable bonds is 5. The fourth-order valence-electron chi connectivity index (χ4n) is 2.48. The number of amides is 1. The van der Waals surface area contributed by atoms with Gasteiger partial charge >= 0.3 is 0 Å². The second-order valence-corrected chi connectivity index (χ2v) is 6.33. The first-order chi connectivity index (χ1) is 10.2. The third-order valence-electron chi connectivity index (χ3n) is 3.98. The van der Waals surface area contributed by atoms with E-state index >= 15 is 0 Å². The molecule has 1 aromatic rings. The maximum atomic E-state index is 13.1. The van der Waals surface area contributed by atoms with Crippen LogP contribution in [0.2, 0.25) is 0 Å². The minimum Gasteiger partial charge on any atom is -0.497 e. The summed E-state index contributed by atoms with van der Waals surface area (Å²) in [6.07, 6.45) is -0.446. The lowest BCUT2D eigenvalue weighted by Crippen LogP contribution is -2.45. The molecule has 1 saturated heterocycles. The fourth-order valence-corrected chi connectivity index (χ4v) is 2.48. The van der Waals surface area contributed by atoms with Crippen molar-refractivity contribution in [2.75, 3.05) is 20.2 Å². The summed E-state index contributed by atoms with van der Waals surface area (Å²) in [5, 5.41) is 5.32. The van der Waals surface area contributed by atoms with Gasteiger partial charge in [-0.3, -0.25) is 10.1 Å². The van der Waals surface area contributed by atoms with Crippen molar-refractivity contribution in [1.29, 1.82) is 0 Å². The van der Waals surface area contributed by atoms with E-state index in [0.29, 0.717) is 6.54 Å². The van der Waals surface area contributed by atoms with Crippen molar-refractivity contribution in [1.82, 2.24) is 10.6 Å². The van der Waals surface area contributed by atoms with E-state index in [0.717, 1.165) is 11.3 Å². The van der Waals surface area contributed by atoms with Crippen LogP contribution in [0, 0.1) is 0 Å². The summed E-state index contributed by atoms with van der Waals surface area (Å²) < 4.78 is 31.4. The second-order valence-electron chi connectivity index (χ2n) is 6.33. The summed E-state index contributed by atoms with van der Waals surface area (Å²) in [5.74, 6) is -2.44. The molecule has 0 aliphatic carbocycles. The number of hydrogen-bond donors (Lipinski definition) is 2. The topological polar surface area (TPSA) is 50.4 Å². The number of nitrogens with one attached hydrogen (secondary N) is 2. The average molecular weight is 349 g/mol. The summed E-state index contributed by atoms with van der Waals surface area (Å²) in [7, 11) is 1.60. The van der Waals surface area contributed by atoms with Crippen LogP contribution >= 0.6 is 12.4 Å². The summed E-state index contributed by atoms with van der Waals surface area (Å²) in [6.45, 7) is 3.89. The molecule has 1 aromatic carbocycles. The van der Waals surface area contributed by atoms with Crippen LogP contribution in [0.15, 0.2) is 24.3 Å². The highest BCUT2D eigenvalue weighted by atomic mass is 35.5. The number of alkyl halides is 2. The maximum Gasteiger partial charge on any atom is 0.262 e. The lowest BCUT2D eigenvalue weighted by molar-refractivity contribution is -0.123. The molecular weight excluding hydrogens is 326 g/mol. The molecule has 23 heavy (non-hydrogen) atoms. The van der Waals surface area contributed by atoms with E-state index in [4.69, 9.17) is 4.74 Å². The van der Waals surface area contributed by atoms with Crippen LogP contribution in [0.25, 0.3) is 0 Å². The Morgan fingerprint density at radius 2 is 2.17 bits per heavy atom. The molecule has 1 unspecified atom stereocenters. The molecule has 7 heteroatoms. The molecule has 2 N–H and O–H groups in total. The maximum absolute atomic E-state index is 13.1. The van der Waals surface area contributed by atoms with E-state index in [1.54, 1.807) is 7.11 Å². The van der Waals surface area contributed by atoms with Gasteiger partial charge in [-0.25, -0.2) is 8.78 Å². The predicted molar refractivity (Wildman–Crippen MR) is 87.6 cm³/mol. The van der Waals surface area contributed by atoms with Crippen LogP contribution in [-0.4, -0.2) is 38.1 Å². The van der Waals surface area contributed by atoms with Gasteiger partial charge in [0.1, 0.15) is 5.75 Å². The standard InChI is InChI=1S/C16H22F2N2O2.ClH/c1-15(2,11-5-4-6-12(7-11)22-3)9-20-14(21)13-8-16(17,18)10-19-13;/h4-7,13,19H,8-10H2,1-3H3,(H,20,21);1H. The lowest BCUT2D eigenvalue weighted by atomic mass is 9.84. The number of carbonyl (C=O) groups is 1. The largest absolute Gasteiger partial charge is 0.497 e. The molecule has 1 amide bonds. The number of methoxy groups -OCH3 is 1. The van der Waals surface area contributed by atoms with Crippen molar-refractivity contribution in [3.63, 3.8) is 0 Å². The molecule has 0 spiro atoms. The summed E-state index contributed by atoms with van der Waals surface area (Å²) in [6, 6.07) is 6.78. The van der Waals surface area contributed by atoms with E-state index in [9.17, 15) is 13.6 Å². The van der Waals surface area contributed by atoms with Gasteiger partial charge in [0.2, 0.25) is 5.91 Å². The Morgan fingerprint density at radius 3 is 2.74 bits per heavy atom. The molecule has 0 bridgehead atoms. The van der Waals surface area contributed by atoms with Gasteiger partial charge in [0.05, 0.1) is 19.7 Å². The van der Waals surface area contributed by atoms with Crippen LogP contribution in [0.1, 0.15) is 25.8 Å². The third kappa shape index (κ3) is 5.04. The predicted octanol–water partition coefficient (Wildman–Crippen LogP) is 2.51. The number of carbonyl (C=O) groups excluding carboxylic acids is 1. The molecule has 1 fully saturated rings. The molecule has 0 radical (unpaired) electrons. The van der Waals surface area contributed by atoms with E-state index in [-0.39, 0.29) is 23.7 Å². The van der Waals surface area contributed by atoms with Crippen LogP contribution in [0.4, 0.5) is 8.78 Å². The number of benzene rings is 1. The highest BCUT2D eigenvalue weighted by Crippen LogP contribution is 2.27. The summed E-state index contributed by atoms with van der Waals surface area (Å²) in [5.41, 5.74) is 0.683. The molecule has 1 aliphatic heterocycles. The second kappa shape index (κ2) is 7.45. The van der Waals surface area contributed by atoms with Crippen molar-refractivity contribution in [3.8, 4) is 5.75 Å². The van der Waals surface area contributed by atoms with Gasteiger partial charge in [-0.1, -0.05) is 26.0 Å². The Morgan fingerprint density at radius 1 is 1.48 bits per heavy atom. The Kier molecular flexibility index (Phi) is 6.36. The van der Waals surface area contributed by atoms with Crippen LogP contribution < -0.4 is 15.4 Å². The quantitative estimate of drug-likeness (QED) is 0.859. The zero-order valence-corrected chi connectivity index (χ0v) is 14.3. The summed E-state index contributed by atoms with van der Waals surface area (Å²) >= 11 is 0. The van der Waals surface area contributed by atoms with Crippen LogP contribution in [-0.2, 0) is 10.2 Å². The SMILES string of the molecule is COc1cccc(C(C)(C)CNC(=O)C2CC(F)(F)CN2)c1.Cl. The van der Waals surface area contributed by atoms with Gasteiger partial charge in [0.15, 0.2) is 0 Å². The molecule has 130 valence electrons. The number of halogens is 3.